The van der Waals surface area contributed by atoms with Crippen molar-refractivity contribution in [1.82, 2.24) is 5.32 Å². The lowest BCUT2D eigenvalue weighted by molar-refractivity contribution is 0.455. The van der Waals surface area contributed by atoms with Gasteiger partial charge in [-0.25, -0.2) is 0 Å². The Morgan fingerprint density at radius 1 is 1.10 bits per heavy atom. The van der Waals surface area contributed by atoms with Crippen molar-refractivity contribution >= 4 is 15.9 Å². The maximum atomic E-state index is 3.75. The van der Waals surface area contributed by atoms with E-state index in [1.807, 2.05) is 0 Å². The smallest absolute Gasteiger partial charge is 0.0323 e. The molecule has 106 valence electrons. The lowest BCUT2D eigenvalue weighted by Gasteiger charge is -2.24. The zero-order valence-corrected chi connectivity index (χ0v) is 13.9. The van der Waals surface area contributed by atoms with Crippen LogP contribution in [0.1, 0.15) is 49.0 Å². The van der Waals surface area contributed by atoms with Gasteiger partial charge in [-0.1, -0.05) is 59.3 Å². The molecule has 2 aromatic rings. The summed E-state index contributed by atoms with van der Waals surface area (Å²) in [6.07, 6.45) is 1.08. The second-order valence-corrected chi connectivity index (χ2v) is 6.18. The summed E-state index contributed by atoms with van der Waals surface area (Å²) in [5, 5.41) is 3.75. The third kappa shape index (κ3) is 3.71. The predicted octanol–water partition coefficient (Wildman–Crippen LogP) is 5.56. The molecule has 1 nitrogen and oxygen atoms in total. The Bertz CT molecular complexity index is 565. The highest BCUT2D eigenvalue weighted by Gasteiger charge is 2.15. The highest BCUT2D eigenvalue weighted by Crippen LogP contribution is 2.25. The highest BCUT2D eigenvalue weighted by molar-refractivity contribution is 9.10. The molecule has 0 spiro atoms. The average molecular weight is 332 g/mol. The van der Waals surface area contributed by atoms with Crippen molar-refractivity contribution in [2.75, 3.05) is 0 Å². The Labute approximate surface area is 130 Å². The molecule has 20 heavy (non-hydrogen) atoms. The molecule has 0 aliphatic carbocycles. The van der Waals surface area contributed by atoms with Crippen molar-refractivity contribution in [1.29, 1.82) is 0 Å². The molecular weight excluding hydrogens is 310 g/mol. The predicted molar refractivity (Wildman–Crippen MR) is 89.9 cm³/mol. The van der Waals surface area contributed by atoms with E-state index in [9.17, 15) is 0 Å². The van der Waals surface area contributed by atoms with Gasteiger partial charge in [0.2, 0.25) is 0 Å². The average Bonchev–Trinajstić information content (AvgIpc) is 2.45. The first kappa shape index (κ1) is 15.3. The summed E-state index contributed by atoms with van der Waals surface area (Å²) in [7, 11) is 0. The first-order valence-corrected chi connectivity index (χ1v) is 7.98. The molecule has 2 atom stereocenters. The molecule has 0 heterocycles. The van der Waals surface area contributed by atoms with Gasteiger partial charge in [-0.15, -0.1) is 0 Å². The van der Waals surface area contributed by atoms with Crippen LogP contribution in [0.5, 0.6) is 0 Å². The van der Waals surface area contributed by atoms with Crippen LogP contribution in [0.15, 0.2) is 53.0 Å². The van der Waals surface area contributed by atoms with Crippen molar-refractivity contribution in [3.8, 4) is 0 Å². The SMILES string of the molecule is CCC(N[C@@H](C)c1ccccc1C)c1cccc(Br)c1. The molecular formula is C18H22BrN. The molecule has 2 rings (SSSR count). The van der Waals surface area contributed by atoms with E-state index in [-0.39, 0.29) is 0 Å². The summed E-state index contributed by atoms with van der Waals surface area (Å²) in [4.78, 5) is 0. The minimum Gasteiger partial charge on any atom is -0.303 e. The van der Waals surface area contributed by atoms with Crippen molar-refractivity contribution in [3.05, 3.63) is 69.7 Å². The highest BCUT2D eigenvalue weighted by atomic mass is 79.9. The zero-order chi connectivity index (χ0) is 14.5. The summed E-state index contributed by atoms with van der Waals surface area (Å²) in [5.74, 6) is 0. The van der Waals surface area contributed by atoms with E-state index in [0.717, 1.165) is 10.9 Å². The molecule has 2 aromatic carbocycles. The number of hydrogen-bond acceptors (Lipinski definition) is 1. The van der Waals surface area contributed by atoms with Crippen molar-refractivity contribution in [3.63, 3.8) is 0 Å². The van der Waals surface area contributed by atoms with E-state index in [1.54, 1.807) is 0 Å². The lowest BCUT2D eigenvalue weighted by atomic mass is 9.99. The number of rotatable bonds is 5. The summed E-state index contributed by atoms with van der Waals surface area (Å²) >= 11 is 3.55. The summed E-state index contributed by atoms with van der Waals surface area (Å²) in [5.41, 5.74) is 4.06. The van der Waals surface area contributed by atoms with Crippen LogP contribution in [0, 0.1) is 6.92 Å². The summed E-state index contributed by atoms with van der Waals surface area (Å²) in [6, 6.07) is 17.9. The number of halogens is 1. The Morgan fingerprint density at radius 2 is 1.85 bits per heavy atom. The van der Waals surface area contributed by atoms with Gasteiger partial charge in [-0.05, 0) is 49.1 Å². The van der Waals surface area contributed by atoms with E-state index in [0.29, 0.717) is 12.1 Å². The van der Waals surface area contributed by atoms with Crippen LogP contribution in [-0.2, 0) is 0 Å². The van der Waals surface area contributed by atoms with E-state index < -0.39 is 0 Å². The molecule has 2 heteroatoms. The van der Waals surface area contributed by atoms with E-state index >= 15 is 0 Å². The van der Waals surface area contributed by atoms with E-state index in [1.165, 1.54) is 16.7 Å². The van der Waals surface area contributed by atoms with Crippen LogP contribution in [0.4, 0.5) is 0 Å². The standard InChI is InChI=1S/C18H22BrN/c1-4-18(15-9-7-10-16(19)12-15)20-14(3)17-11-6-5-8-13(17)2/h5-12,14,18,20H,4H2,1-3H3/t14-,18?/m0/s1. The molecule has 0 saturated heterocycles. The quantitative estimate of drug-likeness (QED) is 0.756. The van der Waals surface area contributed by atoms with Crippen LogP contribution < -0.4 is 5.32 Å². The maximum absolute atomic E-state index is 3.75. The number of benzene rings is 2. The molecule has 0 radical (unpaired) electrons. The summed E-state index contributed by atoms with van der Waals surface area (Å²) < 4.78 is 1.14. The van der Waals surface area contributed by atoms with Gasteiger partial charge in [-0.3, -0.25) is 0 Å². The monoisotopic (exact) mass is 331 g/mol. The molecule has 0 aliphatic heterocycles. The fourth-order valence-corrected chi connectivity index (χ4v) is 3.05. The Hall–Kier alpha value is -1.12. The lowest BCUT2D eigenvalue weighted by Crippen LogP contribution is -2.24. The van der Waals surface area contributed by atoms with E-state index in [4.69, 9.17) is 0 Å². The van der Waals surface area contributed by atoms with Gasteiger partial charge in [0.1, 0.15) is 0 Å². The Kier molecular flexibility index (Phi) is 5.38. The molecule has 0 aromatic heterocycles. The number of aryl methyl sites for hydroxylation is 1. The van der Waals surface area contributed by atoms with Gasteiger partial charge in [0, 0.05) is 16.6 Å². The molecule has 1 N–H and O–H groups in total. The minimum absolute atomic E-state index is 0.347. The molecule has 0 bridgehead atoms. The van der Waals surface area contributed by atoms with Crippen LogP contribution >= 0.6 is 15.9 Å². The number of nitrogens with one attached hydrogen (secondary N) is 1. The van der Waals surface area contributed by atoms with Crippen molar-refractivity contribution in [2.24, 2.45) is 0 Å². The van der Waals surface area contributed by atoms with Gasteiger partial charge >= 0.3 is 0 Å². The number of hydrogen-bond donors (Lipinski definition) is 1. The second-order valence-electron chi connectivity index (χ2n) is 5.26. The minimum atomic E-state index is 0.347. The van der Waals surface area contributed by atoms with Gasteiger partial charge < -0.3 is 5.32 Å². The molecule has 0 aliphatic rings. The van der Waals surface area contributed by atoms with Gasteiger partial charge in [0.15, 0.2) is 0 Å². The fraction of sp³-hybridized carbons (Fsp3) is 0.333. The first-order valence-electron chi connectivity index (χ1n) is 7.19. The maximum Gasteiger partial charge on any atom is 0.0323 e. The van der Waals surface area contributed by atoms with Crippen LogP contribution in [0.2, 0.25) is 0 Å². The van der Waals surface area contributed by atoms with Gasteiger partial charge in [-0.2, -0.15) is 0 Å². The third-order valence-electron chi connectivity index (χ3n) is 3.77. The van der Waals surface area contributed by atoms with Crippen LogP contribution in [0.25, 0.3) is 0 Å². The van der Waals surface area contributed by atoms with Crippen molar-refractivity contribution < 1.29 is 0 Å². The largest absolute Gasteiger partial charge is 0.303 e. The molecule has 0 fully saturated rings. The third-order valence-corrected chi connectivity index (χ3v) is 4.26. The van der Waals surface area contributed by atoms with Gasteiger partial charge in [0.05, 0.1) is 0 Å². The summed E-state index contributed by atoms with van der Waals surface area (Å²) in [6.45, 7) is 6.64. The fourth-order valence-electron chi connectivity index (χ4n) is 2.64. The Balaban J connectivity index is 2.16. The normalized spacial score (nSPS) is 14.0. The van der Waals surface area contributed by atoms with E-state index in [2.05, 4.69) is 90.5 Å². The molecule has 0 amide bonds. The van der Waals surface area contributed by atoms with Crippen LogP contribution in [0.3, 0.4) is 0 Å². The first-order chi connectivity index (χ1) is 9.61. The van der Waals surface area contributed by atoms with Crippen LogP contribution in [-0.4, -0.2) is 0 Å². The topological polar surface area (TPSA) is 12.0 Å². The molecule has 1 unspecified atom stereocenters. The molecule has 0 saturated carbocycles. The second kappa shape index (κ2) is 7.05. The Morgan fingerprint density at radius 3 is 2.50 bits per heavy atom. The zero-order valence-electron chi connectivity index (χ0n) is 12.4. The van der Waals surface area contributed by atoms with Gasteiger partial charge in [0.25, 0.3) is 0 Å². The van der Waals surface area contributed by atoms with Crippen molar-refractivity contribution in [2.45, 2.75) is 39.3 Å².